The average Bonchev–Trinajstić information content (AvgIpc) is 2.31. The van der Waals surface area contributed by atoms with Crippen molar-refractivity contribution in [3.63, 3.8) is 0 Å². The summed E-state index contributed by atoms with van der Waals surface area (Å²) in [6.45, 7) is 5.70. The molecule has 1 aliphatic heterocycles. The second kappa shape index (κ2) is 5.85. The first-order valence-electron chi connectivity index (χ1n) is 5.97. The zero-order valence-electron chi connectivity index (χ0n) is 10.4. The van der Waals surface area contributed by atoms with Crippen LogP contribution in [0, 0.1) is 6.92 Å². The van der Waals surface area contributed by atoms with Gasteiger partial charge in [-0.2, -0.15) is 0 Å². The second-order valence-corrected chi connectivity index (χ2v) is 5.33. The first-order chi connectivity index (χ1) is 8.22. The maximum atomic E-state index is 5.56. The molecule has 3 nitrogen and oxygen atoms in total. The molecule has 0 saturated carbocycles. The topological polar surface area (TPSA) is 24.5 Å². The molecule has 17 heavy (non-hydrogen) atoms. The van der Waals surface area contributed by atoms with E-state index in [4.69, 9.17) is 4.74 Å². The van der Waals surface area contributed by atoms with E-state index in [0.29, 0.717) is 6.04 Å². The van der Waals surface area contributed by atoms with Gasteiger partial charge in [-0.05, 0) is 37.7 Å². The molecule has 1 aromatic carbocycles. The number of halogens is 1. The number of ether oxygens (including phenoxy) is 1. The van der Waals surface area contributed by atoms with E-state index >= 15 is 0 Å². The summed E-state index contributed by atoms with van der Waals surface area (Å²) >= 11 is 3.51. The van der Waals surface area contributed by atoms with Crippen molar-refractivity contribution in [2.75, 3.05) is 38.3 Å². The first kappa shape index (κ1) is 12.9. The second-order valence-electron chi connectivity index (χ2n) is 4.41. The molecular weight excluding hydrogens is 280 g/mol. The lowest BCUT2D eigenvalue weighted by Gasteiger charge is -2.38. The Morgan fingerprint density at radius 1 is 1.53 bits per heavy atom. The van der Waals surface area contributed by atoms with Crippen molar-refractivity contribution < 1.29 is 4.74 Å². The van der Waals surface area contributed by atoms with Crippen LogP contribution in [0.25, 0.3) is 0 Å². The van der Waals surface area contributed by atoms with Gasteiger partial charge in [-0.15, -0.1) is 0 Å². The molecule has 4 heteroatoms. The molecular formula is C13H19BrN2O. The number of morpholine rings is 1. The van der Waals surface area contributed by atoms with Crippen molar-refractivity contribution in [3.8, 4) is 0 Å². The minimum absolute atomic E-state index is 0.425. The van der Waals surface area contributed by atoms with Crippen LogP contribution in [0.5, 0.6) is 0 Å². The van der Waals surface area contributed by atoms with Crippen LogP contribution in [-0.4, -0.2) is 39.4 Å². The number of benzene rings is 1. The Balaban J connectivity index is 2.23. The van der Waals surface area contributed by atoms with Crippen LogP contribution in [-0.2, 0) is 4.74 Å². The SMILES string of the molecule is CNCC1COCCN1c1ccc(Br)cc1C. The number of nitrogens with zero attached hydrogens (tertiary/aromatic N) is 1. The predicted molar refractivity (Wildman–Crippen MR) is 74.8 cm³/mol. The maximum Gasteiger partial charge on any atom is 0.0683 e. The smallest absolute Gasteiger partial charge is 0.0683 e. The molecule has 1 saturated heterocycles. The third kappa shape index (κ3) is 3.00. The van der Waals surface area contributed by atoms with E-state index in [-0.39, 0.29) is 0 Å². The van der Waals surface area contributed by atoms with Gasteiger partial charge in [-0.1, -0.05) is 15.9 Å². The number of nitrogens with one attached hydrogen (secondary N) is 1. The summed E-state index contributed by atoms with van der Waals surface area (Å²) in [6, 6.07) is 6.89. The summed E-state index contributed by atoms with van der Waals surface area (Å²) in [6.07, 6.45) is 0. The summed E-state index contributed by atoms with van der Waals surface area (Å²) < 4.78 is 6.70. The minimum atomic E-state index is 0.425. The molecule has 1 aliphatic rings. The highest BCUT2D eigenvalue weighted by Gasteiger charge is 2.23. The number of hydrogen-bond donors (Lipinski definition) is 1. The van der Waals surface area contributed by atoms with Gasteiger partial charge in [0.15, 0.2) is 0 Å². The van der Waals surface area contributed by atoms with Crippen LogP contribution in [0.15, 0.2) is 22.7 Å². The largest absolute Gasteiger partial charge is 0.377 e. The zero-order valence-corrected chi connectivity index (χ0v) is 12.0. The summed E-state index contributed by atoms with van der Waals surface area (Å²) in [7, 11) is 1.99. The van der Waals surface area contributed by atoms with Crippen LogP contribution in [0.1, 0.15) is 5.56 Å². The van der Waals surface area contributed by atoms with Gasteiger partial charge in [0.25, 0.3) is 0 Å². The number of likely N-dealkylation sites (N-methyl/N-ethyl adjacent to an activating group) is 1. The molecule has 1 atom stereocenters. The minimum Gasteiger partial charge on any atom is -0.377 e. The Morgan fingerprint density at radius 3 is 3.06 bits per heavy atom. The molecule has 0 spiro atoms. The van der Waals surface area contributed by atoms with Gasteiger partial charge in [-0.3, -0.25) is 0 Å². The van der Waals surface area contributed by atoms with Crippen LogP contribution in [0.3, 0.4) is 0 Å². The summed E-state index contributed by atoms with van der Waals surface area (Å²) in [5.74, 6) is 0. The fourth-order valence-electron chi connectivity index (χ4n) is 2.32. The Bertz CT molecular complexity index is 382. The molecule has 1 fully saturated rings. The molecule has 0 amide bonds. The van der Waals surface area contributed by atoms with Gasteiger partial charge in [0.1, 0.15) is 0 Å². The summed E-state index contributed by atoms with van der Waals surface area (Å²) in [4.78, 5) is 2.45. The highest BCUT2D eigenvalue weighted by atomic mass is 79.9. The number of rotatable bonds is 3. The van der Waals surface area contributed by atoms with Crippen molar-refractivity contribution in [2.45, 2.75) is 13.0 Å². The van der Waals surface area contributed by atoms with E-state index in [1.54, 1.807) is 0 Å². The van der Waals surface area contributed by atoms with Gasteiger partial charge < -0.3 is 15.0 Å². The maximum absolute atomic E-state index is 5.56. The number of hydrogen-bond acceptors (Lipinski definition) is 3. The van der Waals surface area contributed by atoms with E-state index in [9.17, 15) is 0 Å². The number of aryl methyl sites for hydroxylation is 1. The van der Waals surface area contributed by atoms with E-state index in [1.165, 1.54) is 11.3 Å². The highest BCUT2D eigenvalue weighted by molar-refractivity contribution is 9.10. The van der Waals surface area contributed by atoms with Crippen LogP contribution in [0.4, 0.5) is 5.69 Å². The Morgan fingerprint density at radius 2 is 2.35 bits per heavy atom. The van der Waals surface area contributed by atoms with Gasteiger partial charge in [0, 0.05) is 23.2 Å². The fourth-order valence-corrected chi connectivity index (χ4v) is 2.79. The third-order valence-electron chi connectivity index (χ3n) is 3.14. The van der Waals surface area contributed by atoms with E-state index in [2.05, 4.69) is 51.3 Å². The monoisotopic (exact) mass is 298 g/mol. The lowest BCUT2D eigenvalue weighted by atomic mass is 10.1. The molecule has 94 valence electrons. The molecule has 2 rings (SSSR count). The van der Waals surface area contributed by atoms with Crippen molar-refractivity contribution in [1.82, 2.24) is 5.32 Å². The van der Waals surface area contributed by atoms with E-state index in [0.717, 1.165) is 30.8 Å². The molecule has 1 heterocycles. The lowest BCUT2D eigenvalue weighted by molar-refractivity contribution is 0.0943. The van der Waals surface area contributed by atoms with Gasteiger partial charge in [-0.25, -0.2) is 0 Å². The standard InChI is InChI=1S/C13H19BrN2O/c1-10-7-11(14)3-4-13(10)16-5-6-17-9-12(16)8-15-2/h3-4,7,12,15H,5-6,8-9H2,1-2H3. The predicted octanol–water partition coefficient (Wildman–Crippen LogP) is 2.18. The van der Waals surface area contributed by atoms with Crippen molar-refractivity contribution in [3.05, 3.63) is 28.2 Å². The zero-order chi connectivity index (χ0) is 12.3. The molecule has 0 bridgehead atoms. The molecule has 0 aromatic heterocycles. The van der Waals surface area contributed by atoms with Crippen LogP contribution < -0.4 is 10.2 Å². The Labute approximate surface area is 111 Å². The molecule has 1 aromatic rings. The van der Waals surface area contributed by atoms with Crippen molar-refractivity contribution >= 4 is 21.6 Å². The average molecular weight is 299 g/mol. The van der Waals surface area contributed by atoms with Gasteiger partial charge in [0.2, 0.25) is 0 Å². The summed E-state index contributed by atoms with van der Waals surface area (Å²) in [5.41, 5.74) is 2.62. The summed E-state index contributed by atoms with van der Waals surface area (Å²) in [5, 5.41) is 3.24. The van der Waals surface area contributed by atoms with Gasteiger partial charge >= 0.3 is 0 Å². The fraction of sp³-hybridized carbons (Fsp3) is 0.538. The Hall–Kier alpha value is -0.580. The van der Waals surface area contributed by atoms with Crippen LogP contribution >= 0.6 is 15.9 Å². The molecule has 1 unspecified atom stereocenters. The van der Waals surface area contributed by atoms with E-state index < -0.39 is 0 Å². The van der Waals surface area contributed by atoms with Crippen molar-refractivity contribution in [2.24, 2.45) is 0 Å². The third-order valence-corrected chi connectivity index (χ3v) is 3.63. The molecule has 1 N–H and O–H groups in total. The number of anilines is 1. The van der Waals surface area contributed by atoms with Crippen LogP contribution in [0.2, 0.25) is 0 Å². The van der Waals surface area contributed by atoms with Crippen molar-refractivity contribution in [1.29, 1.82) is 0 Å². The first-order valence-corrected chi connectivity index (χ1v) is 6.77. The highest BCUT2D eigenvalue weighted by Crippen LogP contribution is 2.26. The normalized spacial score (nSPS) is 20.6. The van der Waals surface area contributed by atoms with Gasteiger partial charge in [0.05, 0.1) is 19.3 Å². The van der Waals surface area contributed by atoms with E-state index in [1.807, 2.05) is 7.05 Å². The molecule has 0 aliphatic carbocycles. The molecule has 0 radical (unpaired) electrons. The lowest BCUT2D eigenvalue weighted by Crippen LogP contribution is -2.50. The quantitative estimate of drug-likeness (QED) is 0.926. The Kier molecular flexibility index (Phi) is 4.42.